The van der Waals surface area contributed by atoms with Gasteiger partial charge in [0.25, 0.3) is 0 Å². The number of hydrogen-bond acceptors (Lipinski definition) is 2. The molecule has 1 aromatic rings. The molecular formula is C12H18ClNO. The van der Waals surface area contributed by atoms with Crippen LogP contribution in [0.4, 0.5) is 0 Å². The molecule has 0 bridgehead atoms. The van der Waals surface area contributed by atoms with E-state index in [1.165, 1.54) is 5.56 Å². The highest BCUT2D eigenvalue weighted by molar-refractivity contribution is 6.20. The predicted octanol–water partition coefficient (Wildman–Crippen LogP) is 2.84. The van der Waals surface area contributed by atoms with E-state index in [-0.39, 0.29) is 5.38 Å². The molecule has 0 radical (unpaired) electrons. The lowest BCUT2D eigenvalue weighted by Gasteiger charge is -2.17. The Labute approximate surface area is 96.5 Å². The van der Waals surface area contributed by atoms with Gasteiger partial charge in [-0.1, -0.05) is 12.1 Å². The van der Waals surface area contributed by atoms with Crippen LogP contribution in [-0.2, 0) is 6.54 Å². The largest absolute Gasteiger partial charge is 0.508 e. The maximum absolute atomic E-state index is 9.14. The first kappa shape index (κ1) is 12.3. The van der Waals surface area contributed by atoms with Crippen LogP contribution in [-0.4, -0.2) is 29.0 Å². The van der Waals surface area contributed by atoms with Gasteiger partial charge in [-0.15, -0.1) is 11.6 Å². The Balaban J connectivity index is 2.37. The van der Waals surface area contributed by atoms with E-state index in [0.717, 1.165) is 19.5 Å². The summed E-state index contributed by atoms with van der Waals surface area (Å²) in [6.07, 6.45) is 0.996. The second-order valence-electron chi connectivity index (χ2n) is 3.97. The molecule has 0 aliphatic heterocycles. The van der Waals surface area contributed by atoms with Gasteiger partial charge in [-0.2, -0.15) is 0 Å². The second kappa shape index (κ2) is 5.99. The van der Waals surface area contributed by atoms with Gasteiger partial charge in [-0.05, 0) is 44.6 Å². The van der Waals surface area contributed by atoms with E-state index in [1.807, 2.05) is 19.1 Å². The molecule has 1 unspecified atom stereocenters. The number of benzene rings is 1. The molecule has 0 fully saturated rings. The van der Waals surface area contributed by atoms with Crippen molar-refractivity contribution in [1.29, 1.82) is 0 Å². The number of alkyl halides is 1. The Kier molecular flexibility index (Phi) is 4.92. The fourth-order valence-electron chi connectivity index (χ4n) is 1.39. The van der Waals surface area contributed by atoms with Crippen molar-refractivity contribution in [3.8, 4) is 5.75 Å². The number of phenolic OH excluding ortho intramolecular Hbond substituents is 1. The van der Waals surface area contributed by atoms with Crippen LogP contribution in [0.5, 0.6) is 5.75 Å². The normalized spacial score (nSPS) is 13.1. The summed E-state index contributed by atoms with van der Waals surface area (Å²) >= 11 is 5.89. The van der Waals surface area contributed by atoms with Gasteiger partial charge >= 0.3 is 0 Å². The molecule has 0 saturated carbocycles. The van der Waals surface area contributed by atoms with Gasteiger partial charge in [0.1, 0.15) is 5.75 Å². The van der Waals surface area contributed by atoms with E-state index < -0.39 is 0 Å². The van der Waals surface area contributed by atoms with Crippen molar-refractivity contribution in [3.05, 3.63) is 29.8 Å². The molecular weight excluding hydrogens is 210 g/mol. The third kappa shape index (κ3) is 5.05. The molecule has 0 aromatic heterocycles. The first-order valence-electron chi connectivity index (χ1n) is 5.18. The van der Waals surface area contributed by atoms with Crippen molar-refractivity contribution >= 4 is 11.6 Å². The van der Waals surface area contributed by atoms with Crippen molar-refractivity contribution in [3.63, 3.8) is 0 Å². The molecule has 0 heterocycles. The minimum atomic E-state index is 0.229. The second-order valence-corrected chi connectivity index (χ2v) is 4.72. The molecule has 1 rings (SSSR count). The van der Waals surface area contributed by atoms with Crippen LogP contribution in [0, 0.1) is 0 Å². The fraction of sp³-hybridized carbons (Fsp3) is 0.500. The number of aromatic hydroxyl groups is 1. The van der Waals surface area contributed by atoms with E-state index in [1.54, 1.807) is 12.1 Å². The molecule has 0 amide bonds. The molecule has 0 aliphatic rings. The third-order valence-electron chi connectivity index (χ3n) is 2.30. The lowest BCUT2D eigenvalue weighted by Crippen LogP contribution is -2.20. The molecule has 1 aromatic carbocycles. The van der Waals surface area contributed by atoms with Crippen LogP contribution in [0.2, 0.25) is 0 Å². The molecule has 15 heavy (non-hydrogen) atoms. The van der Waals surface area contributed by atoms with Crippen LogP contribution in [0.3, 0.4) is 0 Å². The monoisotopic (exact) mass is 227 g/mol. The highest BCUT2D eigenvalue weighted by Crippen LogP contribution is 2.11. The molecule has 0 spiro atoms. The van der Waals surface area contributed by atoms with Crippen molar-refractivity contribution in [2.24, 2.45) is 0 Å². The average Bonchev–Trinajstić information content (AvgIpc) is 2.19. The topological polar surface area (TPSA) is 23.5 Å². The molecule has 0 saturated heterocycles. The van der Waals surface area contributed by atoms with Crippen molar-refractivity contribution < 1.29 is 5.11 Å². The lowest BCUT2D eigenvalue weighted by atomic mass is 10.2. The first-order chi connectivity index (χ1) is 7.08. The smallest absolute Gasteiger partial charge is 0.115 e. The number of halogens is 1. The number of phenols is 1. The van der Waals surface area contributed by atoms with Crippen LogP contribution < -0.4 is 0 Å². The summed E-state index contributed by atoms with van der Waals surface area (Å²) in [6, 6.07) is 7.31. The highest BCUT2D eigenvalue weighted by Gasteiger charge is 2.02. The fourth-order valence-corrected chi connectivity index (χ4v) is 1.49. The zero-order valence-corrected chi connectivity index (χ0v) is 10.0. The molecule has 1 N–H and O–H groups in total. The molecule has 1 atom stereocenters. The number of rotatable bonds is 5. The van der Waals surface area contributed by atoms with Crippen molar-refractivity contribution in [1.82, 2.24) is 4.90 Å². The zero-order valence-electron chi connectivity index (χ0n) is 9.28. The van der Waals surface area contributed by atoms with Crippen molar-refractivity contribution in [2.45, 2.75) is 25.3 Å². The SMILES string of the molecule is CC(Cl)CCN(C)Cc1ccc(O)cc1. The molecule has 0 aliphatic carbocycles. The van der Waals surface area contributed by atoms with Crippen LogP contribution >= 0.6 is 11.6 Å². The summed E-state index contributed by atoms with van der Waals surface area (Å²) in [5.74, 6) is 0.316. The van der Waals surface area contributed by atoms with Gasteiger partial charge in [0.05, 0.1) is 0 Å². The third-order valence-corrected chi connectivity index (χ3v) is 2.52. The maximum Gasteiger partial charge on any atom is 0.115 e. The van der Waals surface area contributed by atoms with Gasteiger partial charge in [-0.25, -0.2) is 0 Å². The van der Waals surface area contributed by atoms with Gasteiger partial charge in [0.2, 0.25) is 0 Å². The summed E-state index contributed by atoms with van der Waals surface area (Å²) in [5, 5.41) is 9.36. The minimum absolute atomic E-state index is 0.229. The molecule has 2 nitrogen and oxygen atoms in total. The van der Waals surface area contributed by atoms with Gasteiger partial charge in [0, 0.05) is 11.9 Å². The van der Waals surface area contributed by atoms with E-state index in [0.29, 0.717) is 5.75 Å². The summed E-state index contributed by atoms with van der Waals surface area (Å²) in [6.45, 7) is 3.89. The van der Waals surface area contributed by atoms with E-state index in [4.69, 9.17) is 16.7 Å². The van der Waals surface area contributed by atoms with Gasteiger partial charge < -0.3 is 10.0 Å². The average molecular weight is 228 g/mol. The summed E-state index contributed by atoms with van der Waals surface area (Å²) < 4.78 is 0. The van der Waals surface area contributed by atoms with Crippen molar-refractivity contribution in [2.75, 3.05) is 13.6 Å². The Morgan fingerprint density at radius 1 is 1.33 bits per heavy atom. The standard InChI is InChI=1S/C12H18ClNO/c1-10(13)7-8-14(2)9-11-3-5-12(15)6-4-11/h3-6,10,15H,7-9H2,1-2H3. The Morgan fingerprint density at radius 2 is 1.93 bits per heavy atom. The van der Waals surface area contributed by atoms with Gasteiger partial charge in [0.15, 0.2) is 0 Å². The summed E-state index contributed by atoms with van der Waals surface area (Å²) in [5.41, 5.74) is 1.21. The van der Waals surface area contributed by atoms with Gasteiger partial charge in [-0.3, -0.25) is 0 Å². The number of nitrogens with zero attached hydrogens (tertiary/aromatic N) is 1. The Bertz CT molecular complexity index is 284. The maximum atomic E-state index is 9.14. The highest BCUT2D eigenvalue weighted by atomic mass is 35.5. The molecule has 3 heteroatoms. The zero-order chi connectivity index (χ0) is 11.3. The van der Waals surface area contributed by atoms with Crippen LogP contribution in [0.25, 0.3) is 0 Å². The quantitative estimate of drug-likeness (QED) is 0.782. The minimum Gasteiger partial charge on any atom is -0.508 e. The van der Waals surface area contributed by atoms with E-state index in [9.17, 15) is 0 Å². The van der Waals surface area contributed by atoms with E-state index >= 15 is 0 Å². The number of hydrogen-bond donors (Lipinski definition) is 1. The first-order valence-corrected chi connectivity index (χ1v) is 5.62. The van der Waals surface area contributed by atoms with Crippen LogP contribution in [0.1, 0.15) is 18.9 Å². The molecule has 84 valence electrons. The lowest BCUT2D eigenvalue weighted by molar-refractivity contribution is 0.321. The Morgan fingerprint density at radius 3 is 2.47 bits per heavy atom. The Hall–Kier alpha value is -0.730. The summed E-state index contributed by atoms with van der Waals surface area (Å²) in [4.78, 5) is 2.23. The predicted molar refractivity (Wildman–Crippen MR) is 64.4 cm³/mol. The van der Waals surface area contributed by atoms with E-state index in [2.05, 4.69) is 11.9 Å². The van der Waals surface area contributed by atoms with Crippen LogP contribution in [0.15, 0.2) is 24.3 Å². The summed E-state index contributed by atoms with van der Waals surface area (Å²) in [7, 11) is 2.08.